The molecule has 1 heterocycles. The summed E-state index contributed by atoms with van der Waals surface area (Å²) < 4.78 is 6.06. The molecular formula is C17H11BrN2O4. The molecule has 7 heteroatoms. The third-order valence-corrected chi connectivity index (χ3v) is 4.00. The molecule has 6 nitrogen and oxygen atoms in total. The van der Waals surface area contributed by atoms with Crippen molar-refractivity contribution in [1.29, 1.82) is 0 Å². The van der Waals surface area contributed by atoms with Crippen LogP contribution in [0.2, 0.25) is 0 Å². The van der Waals surface area contributed by atoms with Gasteiger partial charge in [-0.1, -0.05) is 34.1 Å². The summed E-state index contributed by atoms with van der Waals surface area (Å²) >= 11 is 3.36. The molecular weight excluding hydrogens is 376 g/mol. The number of halogens is 1. The maximum atomic E-state index is 12.0. The van der Waals surface area contributed by atoms with E-state index in [1.807, 2.05) is 24.3 Å². The lowest BCUT2D eigenvalue weighted by Gasteiger charge is -2.04. The van der Waals surface area contributed by atoms with E-state index < -0.39 is 10.9 Å². The van der Waals surface area contributed by atoms with Gasteiger partial charge in [-0.2, -0.15) is 0 Å². The molecule has 0 saturated carbocycles. The molecule has 0 saturated heterocycles. The van der Waals surface area contributed by atoms with Gasteiger partial charge in [0.1, 0.15) is 0 Å². The van der Waals surface area contributed by atoms with Crippen LogP contribution in [0.1, 0.15) is 16.7 Å². The van der Waals surface area contributed by atoms with Gasteiger partial charge < -0.3 is 4.74 Å². The number of benzene rings is 2. The van der Waals surface area contributed by atoms with Crippen molar-refractivity contribution in [2.75, 3.05) is 0 Å². The minimum Gasteiger partial charge on any atom is -0.402 e. The Kier molecular flexibility index (Phi) is 4.26. The Labute approximate surface area is 145 Å². The van der Waals surface area contributed by atoms with Crippen molar-refractivity contribution < 1.29 is 14.5 Å². The number of nitro benzene ring substituents is 1. The van der Waals surface area contributed by atoms with Crippen LogP contribution in [0.5, 0.6) is 0 Å². The van der Waals surface area contributed by atoms with E-state index in [0.29, 0.717) is 11.1 Å². The largest absolute Gasteiger partial charge is 0.402 e. The van der Waals surface area contributed by atoms with Gasteiger partial charge in [0.15, 0.2) is 5.70 Å². The number of nitro groups is 1. The van der Waals surface area contributed by atoms with Crippen LogP contribution in [0.4, 0.5) is 5.69 Å². The zero-order valence-corrected chi connectivity index (χ0v) is 14.1. The highest BCUT2D eigenvalue weighted by Crippen LogP contribution is 2.26. The van der Waals surface area contributed by atoms with Gasteiger partial charge in [-0.05, 0) is 36.8 Å². The van der Waals surface area contributed by atoms with E-state index in [1.54, 1.807) is 19.1 Å². The standard InChI is InChI=1S/C17H11BrN2O4/c1-10-13(6-3-7-15(10)20(22)23)16-19-14(17(21)24-16)9-11-4-2-5-12(18)8-11/h2-9H,1H3. The van der Waals surface area contributed by atoms with Crippen LogP contribution < -0.4 is 0 Å². The number of nitrogens with zero attached hydrogens (tertiary/aromatic N) is 2. The molecule has 0 spiro atoms. The molecule has 0 N–H and O–H groups in total. The second kappa shape index (κ2) is 6.37. The van der Waals surface area contributed by atoms with Crippen molar-refractivity contribution in [2.45, 2.75) is 6.92 Å². The molecule has 0 radical (unpaired) electrons. The predicted molar refractivity (Wildman–Crippen MR) is 92.6 cm³/mol. The van der Waals surface area contributed by atoms with Gasteiger partial charge in [0.25, 0.3) is 5.69 Å². The number of aliphatic imine (C=N–C) groups is 1. The Morgan fingerprint density at radius 3 is 2.71 bits per heavy atom. The smallest absolute Gasteiger partial charge is 0.363 e. The second-order valence-corrected chi connectivity index (χ2v) is 6.01. The summed E-state index contributed by atoms with van der Waals surface area (Å²) in [7, 11) is 0. The molecule has 0 bridgehead atoms. The predicted octanol–water partition coefficient (Wildman–Crippen LogP) is 4.01. The monoisotopic (exact) mass is 386 g/mol. The van der Waals surface area contributed by atoms with E-state index in [4.69, 9.17) is 4.74 Å². The van der Waals surface area contributed by atoms with Crippen LogP contribution in [0.15, 0.2) is 57.6 Å². The minimum atomic E-state index is -0.587. The molecule has 120 valence electrons. The van der Waals surface area contributed by atoms with Crippen LogP contribution in [-0.4, -0.2) is 16.8 Å². The van der Waals surface area contributed by atoms with Crippen molar-refractivity contribution >= 4 is 39.6 Å². The average molecular weight is 387 g/mol. The third kappa shape index (κ3) is 3.11. The van der Waals surface area contributed by atoms with Crippen molar-refractivity contribution in [3.63, 3.8) is 0 Å². The van der Waals surface area contributed by atoms with Crippen LogP contribution in [0.25, 0.3) is 6.08 Å². The van der Waals surface area contributed by atoms with Crippen molar-refractivity contribution in [3.05, 3.63) is 79.4 Å². The van der Waals surface area contributed by atoms with Crippen LogP contribution >= 0.6 is 15.9 Å². The summed E-state index contributed by atoms with van der Waals surface area (Å²) in [6.07, 6.45) is 1.60. The molecule has 0 atom stereocenters. The van der Waals surface area contributed by atoms with Crippen molar-refractivity contribution in [1.82, 2.24) is 0 Å². The Bertz CT molecular complexity index is 919. The molecule has 0 unspecified atom stereocenters. The van der Waals surface area contributed by atoms with Gasteiger partial charge in [-0.25, -0.2) is 9.79 Å². The first-order valence-corrected chi connectivity index (χ1v) is 7.77. The Morgan fingerprint density at radius 2 is 2.00 bits per heavy atom. The summed E-state index contributed by atoms with van der Waals surface area (Å²) in [5.41, 5.74) is 1.72. The number of esters is 1. The highest BCUT2D eigenvalue weighted by Gasteiger charge is 2.27. The highest BCUT2D eigenvalue weighted by molar-refractivity contribution is 9.10. The van der Waals surface area contributed by atoms with E-state index >= 15 is 0 Å². The van der Waals surface area contributed by atoms with Gasteiger partial charge in [0.05, 0.1) is 4.92 Å². The molecule has 1 aliphatic heterocycles. The molecule has 0 fully saturated rings. The molecule has 3 rings (SSSR count). The normalized spacial score (nSPS) is 15.3. The van der Waals surface area contributed by atoms with E-state index in [-0.39, 0.29) is 17.3 Å². The van der Waals surface area contributed by atoms with Gasteiger partial charge in [-0.3, -0.25) is 10.1 Å². The molecule has 2 aromatic carbocycles. The zero-order valence-electron chi connectivity index (χ0n) is 12.5. The molecule has 2 aromatic rings. The van der Waals surface area contributed by atoms with E-state index in [2.05, 4.69) is 20.9 Å². The number of carbonyl (C=O) groups excluding carboxylic acids is 1. The lowest BCUT2D eigenvalue weighted by atomic mass is 10.1. The highest BCUT2D eigenvalue weighted by atomic mass is 79.9. The Balaban J connectivity index is 2.01. The van der Waals surface area contributed by atoms with Crippen LogP contribution in [-0.2, 0) is 9.53 Å². The fourth-order valence-electron chi connectivity index (χ4n) is 2.33. The fourth-order valence-corrected chi connectivity index (χ4v) is 2.75. The summed E-state index contributed by atoms with van der Waals surface area (Å²) in [6, 6.07) is 11.9. The van der Waals surface area contributed by atoms with Gasteiger partial charge in [-0.15, -0.1) is 0 Å². The first-order chi connectivity index (χ1) is 11.5. The van der Waals surface area contributed by atoms with E-state index in [9.17, 15) is 14.9 Å². The van der Waals surface area contributed by atoms with Crippen molar-refractivity contribution in [3.8, 4) is 0 Å². The zero-order chi connectivity index (χ0) is 17.3. The number of cyclic esters (lactones) is 1. The summed E-state index contributed by atoms with van der Waals surface area (Å²) in [6.45, 7) is 1.60. The maximum absolute atomic E-state index is 12.0. The van der Waals surface area contributed by atoms with Crippen molar-refractivity contribution in [2.24, 2.45) is 4.99 Å². The molecule has 1 aliphatic rings. The first-order valence-electron chi connectivity index (χ1n) is 6.98. The topological polar surface area (TPSA) is 81.8 Å². The fraction of sp³-hybridized carbons (Fsp3) is 0.0588. The Hall–Kier alpha value is -2.80. The SMILES string of the molecule is Cc1c(C2=NC(=Cc3cccc(Br)c3)C(=O)O2)cccc1[N+](=O)[O-]. The second-order valence-electron chi connectivity index (χ2n) is 5.10. The first kappa shape index (κ1) is 16.1. The van der Waals surface area contributed by atoms with Gasteiger partial charge in [0.2, 0.25) is 5.90 Å². The van der Waals surface area contributed by atoms with Gasteiger partial charge >= 0.3 is 5.97 Å². The lowest BCUT2D eigenvalue weighted by molar-refractivity contribution is -0.385. The number of carbonyl (C=O) groups is 1. The third-order valence-electron chi connectivity index (χ3n) is 3.50. The summed E-state index contributed by atoms with van der Waals surface area (Å²) in [5.74, 6) is -0.515. The molecule has 0 aliphatic carbocycles. The minimum absolute atomic E-state index is 0.0457. The number of rotatable bonds is 3. The molecule has 0 amide bonds. The van der Waals surface area contributed by atoms with E-state index in [1.165, 1.54) is 12.1 Å². The molecule has 24 heavy (non-hydrogen) atoms. The maximum Gasteiger partial charge on any atom is 0.363 e. The van der Waals surface area contributed by atoms with Crippen LogP contribution in [0, 0.1) is 17.0 Å². The Morgan fingerprint density at radius 1 is 1.25 bits per heavy atom. The van der Waals surface area contributed by atoms with Crippen LogP contribution in [0.3, 0.4) is 0 Å². The summed E-state index contributed by atoms with van der Waals surface area (Å²) in [4.78, 5) is 26.8. The van der Waals surface area contributed by atoms with Gasteiger partial charge in [0, 0.05) is 21.7 Å². The number of hydrogen-bond donors (Lipinski definition) is 0. The summed E-state index contributed by atoms with van der Waals surface area (Å²) in [5, 5.41) is 11.0. The molecule has 0 aromatic heterocycles. The van der Waals surface area contributed by atoms with E-state index in [0.717, 1.165) is 10.0 Å². The quantitative estimate of drug-likeness (QED) is 0.345. The number of ether oxygens (including phenoxy) is 1. The lowest BCUT2D eigenvalue weighted by Crippen LogP contribution is -2.08. The average Bonchev–Trinajstić information content (AvgIpc) is 2.88. The number of hydrogen-bond acceptors (Lipinski definition) is 5.